The molecule has 6 unspecified atom stereocenters. The predicted octanol–water partition coefficient (Wildman–Crippen LogP) is 0.997. The molecule has 0 aromatic carbocycles. The minimum Gasteiger partial charge on any atom is -0.481 e. The zero-order valence-corrected chi connectivity index (χ0v) is 16.8. The fourth-order valence-electron chi connectivity index (χ4n) is 5.00. The van der Waals surface area contributed by atoms with Crippen LogP contribution in [0.15, 0.2) is 34.9 Å². The molecule has 9 nitrogen and oxygen atoms in total. The van der Waals surface area contributed by atoms with Crippen LogP contribution in [-0.4, -0.2) is 62.9 Å². The number of aliphatic hydroxyl groups excluding tert-OH is 2. The summed E-state index contributed by atoms with van der Waals surface area (Å²) in [6.07, 6.45) is 3.65. The molecule has 168 valence electrons. The predicted molar refractivity (Wildman–Crippen MR) is 106 cm³/mol. The van der Waals surface area contributed by atoms with Gasteiger partial charge in [-0.1, -0.05) is 11.6 Å². The molecule has 0 bridgehead atoms. The Kier molecular flexibility index (Phi) is 7.07. The topological polar surface area (TPSA) is 158 Å². The Morgan fingerprint density at radius 1 is 0.968 bits per heavy atom. The molecule has 0 spiro atoms. The lowest BCUT2D eigenvalue weighted by Gasteiger charge is -2.40. The van der Waals surface area contributed by atoms with Crippen LogP contribution in [0.2, 0.25) is 0 Å². The van der Waals surface area contributed by atoms with Crippen LogP contribution in [0.1, 0.15) is 38.5 Å². The van der Waals surface area contributed by atoms with E-state index < -0.39 is 42.0 Å². The van der Waals surface area contributed by atoms with Gasteiger partial charge in [-0.2, -0.15) is 0 Å². The molecule has 3 aliphatic rings. The minimum absolute atomic E-state index is 0.172. The second kappa shape index (κ2) is 9.57. The Balaban J connectivity index is 2.04. The van der Waals surface area contributed by atoms with E-state index in [-0.39, 0.29) is 36.7 Å². The summed E-state index contributed by atoms with van der Waals surface area (Å²) < 4.78 is 5.03. The SMILES string of the molecule is O=COC1CC(/C(=C2\C=CC(=O)C(C(=O)O)=C2)C2CCC(O)C(C(=O)O)C2)CCC1O. The molecule has 4 N–H and O–H groups in total. The van der Waals surface area contributed by atoms with E-state index in [9.17, 15) is 39.6 Å². The van der Waals surface area contributed by atoms with Crippen molar-refractivity contribution in [1.29, 1.82) is 0 Å². The highest BCUT2D eigenvalue weighted by molar-refractivity contribution is 6.22. The van der Waals surface area contributed by atoms with Gasteiger partial charge in [-0.25, -0.2) is 4.79 Å². The second-order valence-corrected chi connectivity index (χ2v) is 8.34. The van der Waals surface area contributed by atoms with Crippen LogP contribution >= 0.6 is 0 Å². The van der Waals surface area contributed by atoms with Crippen molar-refractivity contribution in [2.24, 2.45) is 17.8 Å². The van der Waals surface area contributed by atoms with Gasteiger partial charge in [0.2, 0.25) is 0 Å². The van der Waals surface area contributed by atoms with E-state index in [1.165, 1.54) is 18.2 Å². The summed E-state index contributed by atoms with van der Waals surface area (Å²) in [5.41, 5.74) is 0.929. The van der Waals surface area contributed by atoms with E-state index in [2.05, 4.69) is 0 Å². The molecule has 3 rings (SSSR count). The summed E-state index contributed by atoms with van der Waals surface area (Å²) in [4.78, 5) is 45.9. The van der Waals surface area contributed by atoms with Crippen molar-refractivity contribution in [3.05, 3.63) is 34.9 Å². The zero-order valence-electron chi connectivity index (χ0n) is 16.8. The molecule has 0 aliphatic heterocycles. The van der Waals surface area contributed by atoms with Gasteiger partial charge in [0.05, 0.1) is 18.1 Å². The lowest BCUT2D eigenvalue weighted by molar-refractivity contribution is -0.148. The van der Waals surface area contributed by atoms with Gasteiger partial charge in [0.15, 0.2) is 5.78 Å². The van der Waals surface area contributed by atoms with E-state index in [1.807, 2.05) is 0 Å². The van der Waals surface area contributed by atoms with Crippen LogP contribution in [0.5, 0.6) is 0 Å². The lowest BCUT2D eigenvalue weighted by atomic mass is 9.67. The minimum atomic E-state index is -1.35. The number of carboxylic acids is 2. The van der Waals surface area contributed by atoms with Crippen LogP contribution < -0.4 is 0 Å². The number of carbonyl (C=O) groups is 4. The number of carboxylic acid groups (broad SMARTS) is 2. The normalized spacial score (nSPS) is 35.2. The highest BCUT2D eigenvalue weighted by Crippen LogP contribution is 2.44. The first-order valence-corrected chi connectivity index (χ1v) is 10.3. The van der Waals surface area contributed by atoms with Crippen molar-refractivity contribution in [3.63, 3.8) is 0 Å². The maximum absolute atomic E-state index is 12.0. The largest absolute Gasteiger partial charge is 0.481 e. The average Bonchev–Trinajstić information content (AvgIpc) is 2.72. The Hall–Kier alpha value is -2.78. The van der Waals surface area contributed by atoms with Gasteiger partial charge in [0.1, 0.15) is 11.7 Å². The molecule has 0 aromatic rings. The molecule has 0 radical (unpaired) electrons. The van der Waals surface area contributed by atoms with E-state index in [4.69, 9.17) is 4.74 Å². The molecule has 0 saturated heterocycles. The zero-order chi connectivity index (χ0) is 22.7. The molecule has 2 fully saturated rings. The van der Waals surface area contributed by atoms with Gasteiger partial charge in [0, 0.05) is 0 Å². The van der Waals surface area contributed by atoms with Crippen LogP contribution in [0.25, 0.3) is 0 Å². The molecule has 0 aromatic heterocycles. The fourth-order valence-corrected chi connectivity index (χ4v) is 5.00. The van der Waals surface area contributed by atoms with Crippen molar-refractivity contribution in [1.82, 2.24) is 0 Å². The van der Waals surface area contributed by atoms with E-state index >= 15 is 0 Å². The Morgan fingerprint density at radius 2 is 1.61 bits per heavy atom. The Bertz CT molecular complexity index is 853. The molecular weight excluding hydrogens is 408 g/mol. The molecule has 2 saturated carbocycles. The third-order valence-electron chi connectivity index (χ3n) is 6.54. The van der Waals surface area contributed by atoms with Crippen molar-refractivity contribution in [2.75, 3.05) is 0 Å². The molecule has 9 heteroatoms. The number of ether oxygens (including phenoxy) is 1. The number of ketones is 1. The first-order chi connectivity index (χ1) is 14.7. The first kappa shape index (κ1) is 22.9. The number of aliphatic carboxylic acids is 2. The maximum Gasteiger partial charge on any atom is 0.339 e. The van der Waals surface area contributed by atoms with Crippen molar-refractivity contribution >= 4 is 24.2 Å². The molecule has 6 atom stereocenters. The summed E-state index contributed by atoms with van der Waals surface area (Å²) in [6.45, 7) is 0.280. The lowest BCUT2D eigenvalue weighted by Crippen LogP contribution is -2.40. The third kappa shape index (κ3) is 4.94. The van der Waals surface area contributed by atoms with Gasteiger partial charge in [-0.05, 0) is 68.1 Å². The van der Waals surface area contributed by atoms with Crippen LogP contribution in [0, 0.1) is 17.8 Å². The quantitative estimate of drug-likeness (QED) is 0.353. The number of hydrogen-bond donors (Lipinski definition) is 4. The van der Waals surface area contributed by atoms with Crippen molar-refractivity contribution in [3.8, 4) is 0 Å². The van der Waals surface area contributed by atoms with E-state index in [0.29, 0.717) is 31.3 Å². The molecule has 31 heavy (non-hydrogen) atoms. The van der Waals surface area contributed by atoms with Crippen LogP contribution in [0.3, 0.4) is 0 Å². The molecule has 0 heterocycles. The number of carbonyl (C=O) groups excluding carboxylic acids is 2. The van der Waals surface area contributed by atoms with E-state index in [0.717, 1.165) is 5.57 Å². The summed E-state index contributed by atoms with van der Waals surface area (Å²) in [5, 5.41) is 39.2. The Morgan fingerprint density at radius 3 is 2.23 bits per heavy atom. The van der Waals surface area contributed by atoms with Gasteiger partial charge < -0.3 is 25.2 Å². The second-order valence-electron chi connectivity index (χ2n) is 8.34. The summed E-state index contributed by atoms with van der Waals surface area (Å²) in [6, 6.07) is 0. The van der Waals surface area contributed by atoms with E-state index in [1.54, 1.807) is 0 Å². The molecule has 3 aliphatic carbocycles. The monoisotopic (exact) mass is 434 g/mol. The smallest absolute Gasteiger partial charge is 0.339 e. The highest BCUT2D eigenvalue weighted by Gasteiger charge is 2.41. The Labute approximate surface area is 178 Å². The average molecular weight is 434 g/mol. The van der Waals surface area contributed by atoms with Crippen LogP contribution in [0.4, 0.5) is 0 Å². The maximum atomic E-state index is 12.0. The standard InChI is InChI=1S/C22H26O9/c23-10-31-19-9-13(3-6-18(19)26)20(11-1-4-16(24)14(7-11)21(27)28)12-2-5-17(25)15(8-12)22(29)30/h1,4,7,10,12-13,15,17-19,25-26H,2-3,5-6,8-9H2,(H,27,28)(H,29,30)/b20-11+. The third-order valence-corrected chi connectivity index (χ3v) is 6.54. The van der Waals surface area contributed by atoms with Gasteiger partial charge in [-0.3, -0.25) is 14.4 Å². The molecule has 0 amide bonds. The number of rotatable bonds is 6. The van der Waals surface area contributed by atoms with Gasteiger partial charge >= 0.3 is 11.9 Å². The summed E-state index contributed by atoms with van der Waals surface area (Å²) in [7, 11) is 0. The van der Waals surface area contributed by atoms with Gasteiger partial charge in [0.25, 0.3) is 6.47 Å². The number of hydrogen-bond acceptors (Lipinski definition) is 7. The first-order valence-electron chi connectivity index (χ1n) is 10.3. The number of allylic oxidation sites excluding steroid dienone is 5. The van der Waals surface area contributed by atoms with Gasteiger partial charge in [-0.15, -0.1) is 0 Å². The van der Waals surface area contributed by atoms with Crippen molar-refractivity contribution in [2.45, 2.75) is 56.8 Å². The number of aliphatic hydroxyl groups is 2. The highest BCUT2D eigenvalue weighted by atomic mass is 16.5. The van der Waals surface area contributed by atoms with Crippen LogP contribution in [-0.2, 0) is 23.9 Å². The van der Waals surface area contributed by atoms with Crippen molar-refractivity contribution < 1.29 is 44.3 Å². The molecular formula is C22H26O9. The fraction of sp³-hybridized carbons (Fsp3) is 0.545. The summed E-state index contributed by atoms with van der Waals surface area (Å²) in [5.74, 6) is -4.50. The summed E-state index contributed by atoms with van der Waals surface area (Å²) >= 11 is 0.